The number of fused-ring (bicyclic) bond motifs is 2. The predicted octanol–water partition coefficient (Wildman–Crippen LogP) is 4.66. The third-order valence-corrected chi connectivity index (χ3v) is 9.28. The van der Waals surface area contributed by atoms with Crippen molar-refractivity contribution in [2.24, 2.45) is 0 Å². The lowest BCUT2D eigenvalue weighted by Crippen LogP contribution is -2.46. The standard InChI is InChI=1S/C33H41N5O3/c1-33(2)16-23(10-13-40-33)31-35-17-24-14-22(5-8-30(24)36-31)19-37-12-9-28(21-37)41-27-6-7-29-25(15-27)20-38(32(29)39)26-4-3-11-34-18-26/h5-8,14-15,17,23,26,28,34H,3-4,9-13,16,18-21H2,1-2H3/t23-,26+,28+/m1/s1. The van der Waals surface area contributed by atoms with Crippen LogP contribution < -0.4 is 10.1 Å². The Kier molecular flexibility index (Phi) is 7.17. The minimum atomic E-state index is -0.115. The van der Waals surface area contributed by atoms with Gasteiger partial charge in [-0.15, -0.1) is 0 Å². The molecule has 8 heteroatoms. The van der Waals surface area contributed by atoms with Crippen LogP contribution in [0.3, 0.4) is 0 Å². The van der Waals surface area contributed by atoms with Crippen molar-refractivity contribution in [1.82, 2.24) is 25.1 Å². The van der Waals surface area contributed by atoms with Gasteiger partial charge in [0.15, 0.2) is 0 Å². The molecule has 216 valence electrons. The van der Waals surface area contributed by atoms with Gasteiger partial charge in [0, 0.05) is 68.4 Å². The van der Waals surface area contributed by atoms with E-state index in [-0.39, 0.29) is 17.6 Å². The predicted molar refractivity (Wildman–Crippen MR) is 158 cm³/mol. The molecule has 41 heavy (non-hydrogen) atoms. The average Bonchev–Trinajstić information content (AvgIpc) is 3.55. The van der Waals surface area contributed by atoms with Gasteiger partial charge >= 0.3 is 0 Å². The molecule has 0 unspecified atom stereocenters. The Balaban J connectivity index is 0.956. The Morgan fingerprint density at radius 3 is 2.93 bits per heavy atom. The lowest BCUT2D eigenvalue weighted by atomic mass is 9.88. The molecule has 3 atom stereocenters. The van der Waals surface area contributed by atoms with Gasteiger partial charge in [0.25, 0.3) is 5.91 Å². The highest BCUT2D eigenvalue weighted by molar-refractivity contribution is 5.98. The highest BCUT2D eigenvalue weighted by Crippen LogP contribution is 2.35. The summed E-state index contributed by atoms with van der Waals surface area (Å²) in [5, 5.41) is 4.53. The molecule has 0 saturated carbocycles. The molecule has 7 rings (SSSR count). The van der Waals surface area contributed by atoms with Gasteiger partial charge in [-0.25, -0.2) is 9.97 Å². The average molecular weight is 556 g/mol. The number of nitrogens with one attached hydrogen (secondary N) is 1. The topological polar surface area (TPSA) is 79.8 Å². The fourth-order valence-electron chi connectivity index (χ4n) is 7.12. The van der Waals surface area contributed by atoms with Gasteiger partial charge in [0.1, 0.15) is 17.7 Å². The van der Waals surface area contributed by atoms with Crippen LogP contribution in [0.2, 0.25) is 0 Å². The maximum Gasteiger partial charge on any atom is 0.254 e. The summed E-state index contributed by atoms with van der Waals surface area (Å²) in [5.41, 5.74) is 4.10. The first-order chi connectivity index (χ1) is 19.9. The van der Waals surface area contributed by atoms with Crippen molar-refractivity contribution in [3.05, 3.63) is 65.1 Å². The smallest absolute Gasteiger partial charge is 0.254 e. The number of hydrogen-bond acceptors (Lipinski definition) is 7. The number of rotatable bonds is 6. The van der Waals surface area contributed by atoms with Crippen LogP contribution >= 0.6 is 0 Å². The Hall–Kier alpha value is -3.07. The molecule has 0 radical (unpaired) electrons. The molecule has 4 aliphatic heterocycles. The van der Waals surface area contributed by atoms with Crippen LogP contribution in [0.15, 0.2) is 42.6 Å². The fourth-order valence-corrected chi connectivity index (χ4v) is 7.12. The van der Waals surface area contributed by atoms with E-state index in [0.29, 0.717) is 18.5 Å². The third-order valence-electron chi connectivity index (χ3n) is 9.28. The first-order valence-corrected chi connectivity index (χ1v) is 15.3. The van der Waals surface area contributed by atoms with E-state index < -0.39 is 0 Å². The monoisotopic (exact) mass is 555 g/mol. The summed E-state index contributed by atoms with van der Waals surface area (Å²) in [6.07, 6.45) is 7.27. The molecule has 2 aromatic carbocycles. The zero-order valence-electron chi connectivity index (χ0n) is 24.3. The first kappa shape index (κ1) is 26.8. The summed E-state index contributed by atoms with van der Waals surface area (Å²) in [5.74, 6) is 2.33. The molecule has 3 saturated heterocycles. The number of aromatic nitrogens is 2. The highest BCUT2D eigenvalue weighted by atomic mass is 16.5. The number of benzene rings is 2. The Labute approximate surface area is 242 Å². The van der Waals surface area contributed by atoms with Crippen LogP contribution in [0.25, 0.3) is 10.9 Å². The van der Waals surface area contributed by atoms with E-state index in [4.69, 9.17) is 19.4 Å². The summed E-state index contributed by atoms with van der Waals surface area (Å²) < 4.78 is 12.3. The molecule has 1 amide bonds. The zero-order chi connectivity index (χ0) is 28.0. The number of ether oxygens (including phenoxy) is 2. The quantitative estimate of drug-likeness (QED) is 0.474. The summed E-state index contributed by atoms with van der Waals surface area (Å²) in [6.45, 7) is 10.5. The van der Waals surface area contributed by atoms with Crippen LogP contribution in [0, 0.1) is 0 Å². The third kappa shape index (κ3) is 5.70. The van der Waals surface area contributed by atoms with Gasteiger partial charge in [-0.3, -0.25) is 9.69 Å². The van der Waals surface area contributed by atoms with Crippen molar-refractivity contribution in [2.75, 3.05) is 32.8 Å². The molecule has 0 bridgehead atoms. The Morgan fingerprint density at radius 2 is 2.07 bits per heavy atom. The molecular weight excluding hydrogens is 514 g/mol. The van der Waals surface area contributed by atoms with Crippen molar-refractivity contribution in [3.8, 4) is 5.75 Å². The van der Waals surface area contributed by atoms with E-state index in [0.717, 1.165) is 105 Å². The number of piperidine rings is 1. The SMILES string of the molecule is CC1(C)C[C@H](c2ncc3cc(CN4CC[C@H](Oc5ccc6c(c5)CN([C@H]5CCCNC5)C6=O)C4)ccc3n2)CCO1. The second-order valence-corrected chi connectivity index (χ2v) is 12.9. The van der Waals surface area contributed by atoms with Crippen molar-refractivity contribution < 1.29 is 14.3 Å². The number of likely N-dealkylation sites (tertiary alicyclic amines) is 1. The van der Waals surface area contributed by atoms with Gasteiger partial charge < -0.3 is 19.7 Å². The molecule has 1 N–H and O–H groups in total. The molecule has 0 spiro atoms. The van der Waals surface area contributed by atoms with Crippen molar-refractivity contribution >= 4 is 16.8 Å². The minimum absolute atomic E-state index is 0.115. The van der Waals surface area contributed by atoms with Crippen LogP contribution in [-0.2, 0) is 17.8 Å². The van der Waals surface area contributed by atoms with E-state index in [1.54, 1.807) is 0 Å². The van der Waals surface area contributed by atoms with Crippen molar-refractivity contribution in [1.29, 1.82) is 0 Å². The van der Waals surface area contributed by atoms with Gasteiger partial charge in [0.05, 0.1) is 11.1 Å². The van der Waals surface area contributed by atoms with E-state index in [9.17, 15) is 4.79 Å². The summed E-state index contributed by atoms with van der Waals surface area (Å²) in [7, 11) is 0. The number of carbonyl (C=O) groups excluding carboxylic acids is 1. The Bertz CT molecular complexity index is 1440. The van der Waals surface area contributed by atoms with E-state index in [1.807, 2.05) is 23.2 Å². The van der Waals surface area contributed by atoms with Crippen LogP contribution in [0.4, 0.5) is 0 Å². The van der Waals surface area contributed by atoms with Crippen LogP contribution in [0.5, 0.6) is 5.75 Å². The first-order valence-electron chi connectivity index (χ1n) is 15.3. The van der Waals surface area contributed by atoms with Crippen molar-refractivity contribution in [3.63, 3.8) is 0 Å². The summed E-state index contributed by atoms with van der Waals surface area (Å²) >= 11 is 0. The van der Waals surface area contributed by atoms with E-state index in [1.165, 1.54) is 5.56 Å². The molecular formula is C33H41N5O3. The second kappa shape index (κ2) is 11.0. The van der Waals surface area contributed by atoms with Crippen LogP contribution in [0.1, 0.15) is 79.2 Å². The lowest BCUT2D eigenvalue weighted by Gasteiger charge is -2.34. The van der Waals surface area contributed by atoms with Gasteiger partial charge in [-0.2, -0.15) is 0 Å². The molecule has 3 aromatic rings. The highest BCUT2D eigenvalue weighted by Gasteiger charge is 2.34. The molecule has 5 heterocycles. The zero-order valence-corrected chi connectivity index (χ0v) is 24.3. The lowest BCUT2D eigenvalue weighted by molar-refractivity contribution is -0.0602. The largest absolute Gasteiger partial charge is 0.489 e. The van der Waals surface area contributed by atoms with Gasteiger partial charge in [-0.1, -0.05) is 6.07 Å². The van der Waals surface area contributed by atoms with Gasteiger partial charge in [0.2, 0.25) is 0 Å². The van der Waals surface area contributed by atoms with Gasteiger partial charge in [-0.05, 0) is 94.0 Å². The normalized spacial score (nSPS) is 26.4. The maximum atomic E-state index is 13.0. The Morgan fingerprint density at radius 1 is 1.15 bits per heavy atom. The molecule has 1 aromatic heterocycles. The van der Waals surface area contributed by atoms with Crippen LogP contribution in [-0.4, -0.2) is 76.2 Å². The summed E-state index contributed by atoms with van der Waals surface area (Å²) in [6, 6.07) is 12.9. The molecule has 3 fully saturated rings. The number of hydrogen-bond donors (Lipinski definition) is 1. The summed E-state index contributed by atoms with van der Waals surface area (Å²) in [4.78, 5) is 27.2. The van der Waals surface area contributed by atoms with E-state index >= 15 is 0 Å². The van der Waals surface area contributed by atoms with E-state index in [2.05, 4.69) is 48.3 Å². The molecule has 8 nitrogen and oxygen atoms in total. The maximum absolute atomic E-state index is 13.0. The number of carbonyl (C=O) groups is 1. The van der Waals surface area contributed by atoms with Crippen molar-refractivity contribution in [2.45, 2.75) is 82.7 Å². The molecule has 0 aliphatic carbocycles. The molecule has 4 aliphatic rings. The fraction of sp³-hybridized carbons (Fsp3) is 0.545. The number of nitrogens with zero attached hydrogens (tertiary/aromatic N) is 4. The second-order valence-electron chi connectivity index (χ2n) is 12.9. The number of amides is 1. The minimum Gasteiger partial charge on any atom is -0.489 e.